The summed E-state index contributed by atoms with van der Waals surface area (Å²) >= 11 is 5.97. The van der Waals surface area contributed by atoms with E-state index in [4.69, 9.17) is 16.3 Å². The van der Waals surface area contributed by atoms with Gasteiger partial charge in [-0.2, -0.15) is 9.98 Å². The zero-order chi connectivity index (χ0) is 21.8. The number of ether oxygens (including phenoxy) is 1. The van der Waals surface area contributed by atoms with E-state index >= 15 is 0 Å². The predicted octanol–water partition coefficient (Wildman–Crippen LogP) is 5.36. The molecule has 3 aromatic carbocycles. The molecule has 1 N–H and O–H groups in total. The van der Waals surface area contributed by atoms with Gasteiger partial charge in [0.05, 0.1) is 4.90 Å². The van der Waals surface area contributed by atoms with E-state index in [9.17, 15) is 13.7 Å². The molecule has 0 aliphatic carbocycles. The van der Waals surface area contributed by atoms with Crippen LogP contribution in [0.25, 0.3) is 11.1 Å². The minimum absolute atomic E-state index is 0.142. The van der Waals surface area contributed by atoms with Crippen molar-refractivity contribution in [1.29, 1.82) is 5.26 Å². The van der Waals surface area contributed by atoms with Crippen LogP contribution in [0, 0.1) is 11.3 Å². The quantitative estimate of drug-likeness (QED) is 0.501. The molecular formula is C23H21ClN2O3S. The number of rotatable bonds is 7. The van der Waals surface area contributed by atoms with Crippen LogP contribution >= 0.6 is 11.6 Å². The molecule has 0 aliphatic rings. The molecule has 0 spiro atoms. The molecule has 5 nitrogen and oxygen atoms in total. The zero-order valence-electron chi connectivity index (χ0n) is 16.6. The summed E-state index contributed by atoms with van der Waals surface area (Å²) in [4.78, 5) is 0.142. The molecule has 0 fully saturated rings. The smallest absolute Gasteiger partial charge is 0.243 e. The van der Waals surface area contributed by atoms with Crippen molar-refractivity contribution in [3.63, 3.8) is 0 Å². The number of halogens is 1. The summed E-state index contributed by atoms with van der Waals surface area (Å²) in [5.41, 5.74) is 0.553. The highest BCUT2D eigenvalue weighted by Crippen LogP contribution is 2.33. The van der Waals surface area contributed by atoms with Gasteiger partial charge in [-0.15, -0.1) is 0 Å². The van der Waals surface area contributed by atoms with Crippen LogP contribution in [0.5, 0.6) is 5.75 Å². The molecule has 30 heavy (non-hydrogen) atoms. The number of benzene rings is 3. The minimum Gasteiger partial charge on any atom is -0.471 e. The third-order valence-electron chi connectivity index (χ3n) is 4.71. The second kappa shape index (κ2) is 8.88. The molecule has 0 amide bonds. The van der Waals surface area contributed by atoms with Crippen molar-refractivity contribution < 1.29 is 13.2 Å². The molecule has 154 valence electrons. The Labute approximate surface area is 181 Å². The maximum atomic E-state index is 12.8. The van der Waals surface area contributed by atoms with Gasteiger partial charge in [0.2, 0.25) is 10.0 Å². The third-order valence-corrected chi connectivity index (χ3v) is 6.55. The van der Waals surface area contributed by atoms with Gasteiger partial charge in [-0.05, 0) is 49.2 Å². The Morgan fingerprint density at radius 2 is 1.70 bits per heavy atom. The van der Waals surface area contributed by atoms with Gasteiger partial charge in [0.15, 0.2) is 5.72 Å². The van der Waals surface area contributed by atoms with Gasteiger partial charge in [0.25, 0.3) is 0 Å². The maximum Gasteiger partial charge on any atom is 0.243 e. The van der Waals surface area contributed by atoms with E-state index in [1.54, 1.807) is 49.4 Å². The lowest BCUT2D eigenvalue weighted by molar-refractivity contribution is 0.0725. The number of nitriles is 1. The van der Waals surface area contributed by atoms with Gasteiger partial charge in [-0.3, -0.25) is 0 Å². The van der Waals surface area contributed by atoms with Gasteiger partial charge in [-0.25, -0.2) is 8.42 Å². The average Bonchev–Trinajstić information content (AvgIpc) is 2.74. The Hall–Kier alpha value is -2.85. The van der Waals surface area contributed by atoms with E-state index in [0.717, 1.165) is 5.56 Å². The van der Waals surface area contributed by atoms with Crippen molar-refractivity contribution in [1.82, 2.24) is 4.72 Å². The van der Waals surface area contributed by atoms with Crippen LogP contribution in [-0.4, -0.2) is 14.1 Å². The van der Waals surface area contributed by atoms with Crippen molar-refractivity contribution in [2.24, 2.45) is 0 Å². The maximum absolute atomic E-state index is 12.8. The zero-order valence-corrected chi connectivity index (χ0v) is 18.2. The normalized spacial score (nSPS) is 13.3. The lowest BCUT2D eigenvalue weighted by Gasteiger charge is -2.31. The second-order valence-electron chi connectivity index (χ2n) is 6.90. The Bertz CT molecular complexity index is 1170. The summed E-state index contributed by atoms with van der Waals surface area (Å²) in [6.07, 6.45) is 0.342. The summed E-state index contributed by atoms with van der Waals surface area (Å²) in [5, 5.41) is 10.4. The molecule has 7 heteroatoms. The Balaban J connectivity index is 1.96. The molecule has 0 aliphatic heterocycles. The van der Waals surface area contributed by atoms with E-state index in [1.807, 2.05) is 25.1 Å². The van der Waals surface area contributed by atoms with E-state index in [-0.39, 0.29) is 4.90 Å². The van der Waals surface area contributed by atoms with Crippen LogP contribution in [0.4, 0.5) is 0 Å². The highest BCUT2D eigenvalue weighted by atomic mass is 35.5. The summed E-state index contributed by atoms with van der Waals surface area (Å²) in [6.45, 7) is 3.45. The van der Waals surface area contributed by atoms with Crippen LogP contribution in [-0.2, 0) is 10.0 Å². The number of nitrogens with zero attached hydrogens (tertiary/aromatic N) is 1. The van der Waals surface area contributed by atoms with Gasteiger partial charge >= 0.3 is 0 Å². The highest BCUT2D eigenvalue weighted by Gasteiger charge is 2.32. The minimum atomic E-state index is -3.81. The highest BCUT2D eigenvalue weighted by molar-refractivity contribution is 7.89. The summed E-state index contributed by atoms with van der Waals surface area (Å²) in [7, 11) is -3.81. The molecule has 0 saturated carbocycles. The van der Waals surface area contributed by atoms with Crippen LogP contribution in [0.15, 0.2) is 77.7 Å². The first kappa shape index (κ1) is 21.8. The Morgan fingerprint density at radius 3 is 2.30 bits per heavy atom. The standard InChI is InChI=1S/C23H21ClN2O3S/c1-3-23(2,26-30(27,28)19-8-5-4-6-9-19)29-22-11-7-10-20(21(22)16-25)17-12-14-18(24)15-13-17/h4-15,26H,3H2,1-2H3. The molecule has 0 radical (unpaired) electrons. The number of hydrogen-bond donors (Lipinski definition) is 1. The first-order valence-electron chi connectivity index (χ1n) is 9.35. The lowest BCUT2D eigenvalue weighted by Crippen LogP contribution is -2.50. The third kappa shape index (κ3) is 4.82. The molecule has 3 rings (SSSR count). The number of sulfonamides is 1. The molecule has 1 atom stereocenters. The fourth-order valence-electron chi connectivity index (χ4n) is 2.95. The topological polar surface area (TPSA) is 79.2 Å². The number of hydrogen-bond acceptors (Lipinski definition) is 4. The molecule has 1 unspecified atom stereocenters. The van der Waals surface area contributed by atoms with Crippen molar-refractivity contribution >= 4 is 21.6 Å². The van der Waals surface area contributed by atoms with Gasteiger partial charge in [0.1, 0.15) is 17.4 Å². The first-order valence-corrected chi connectivity index (χ1v) is 11.2. The fourth-order valence-corrected chi connectivity index (χ4v) is 4.47. The van der Waals surface area contributed by atoms with Crippen LogP contribution in [0.3, 0.4) is 0 Å². The fraction of sp³-hybridized carbons (Fsp3) is 0.174. The van der Waals surface area contributed by atoms with E-state index in [2.05, 4.69) is 10.8 Å². The molecule has 0 heterocycles. The SMILES string of the molecule is CCC(C)(NS(=O)(=O)c1ccccc1)Oc1cccc(-c2ccc(Cl)cc2)c1C#N. The largest absolute Gasteiger partial charge is 0.471 e. The lowest BCUT2D eigenvalue weighted by atomic mass is 9.99. The summed E-state index contributed by atoms with van der Waals surface area (Å²) < 4.78 is 34.3. The van der Waals surface area contributed by atoms with E-state index in [0.29, 0.717) is 28.3 Å². The van der Waals surface area contributed by atoms with E-state index < -0.39 is 15.7 Å². The van der Waals surface area contributed by atoms with Crippen LogP contribution in [0.1, 0.15) is 25.8 Å². The van der Waals surface area contributed by atoms with Crippen molar-refractivity contribution in [2.45, 2.75) is 30.9 Å². The van der Waals surface area contributed by atoms with Crippen molar-refractivity contribution in [2.75, 3.05) is 0 Å². The second-order valence-corrected chi connectivity index (χ2v) is 9.02. The van der Waals surface area contributed by atoms with Crippen molar-refractivity contribution in [3.8, 4) is 22.9 Å². The summed E-state index contributed by atoms with van der Waals surface area (Å²) in [5.74, 6) is 0.296. The summed E-state index contributed by atoms with van der Waals surface area (Å²) in [6, 6.07) is 22.6. The monoisotopic (exact) mass is 440 g/mol. The van der Waals surface area contributed by atoms with E-state index in [1.165, 1.54) is 12.1 Å². The van der Waals surface area contributed by atoms with Crippen molar-refractivity contribution in [3.05, 3.63) is 83.4 Å². The molecule has 0 aromatic heterocycles. The molecule has 0 bridgehead atoms. The predicted molar refractivity (Wildman–Crippen MR) is 118 cm³/mol. The molecule has 0 saturated heterocycles. The Kier molecular flexibility index (Phi) is 6.47. The Morgan fingerprint density at radius 1 is 1.03 bits per heavy atom. The van der Waals surface area contributed by atoms with Gasteiger partial charge in [-0.1, -0.05) is 61.0 Å². The number of nitrogens with one attached hydrogen (secondary N) is 1. The van der Waals surface area contributed by atoms with Gasteiger partial charge < -0.3 is 4.74 Å². The van der Waals surface area contributed by atoms with Gasteiger partial charge in [0, 0.05) is 10.6 Å². The molecule has 3 aromatic rings. The van der Waals surface area contributed by atoms with Crippen LogP contribution < -0.4 is 9.46 Å². The van der Waals surface area contributed by atoms with Crippen LogP contribution in [0.2, 0.25) is 5.02 Å². The molecular weight excluding hydrogens is 420 g/mol. The average molecular weight is 441 g/mol. The first-order chi connectivity index (χ1) is 14.3.